The topological polar surface area (TPSA) is 58.6 Å². The van der Waals surface area contributed by atoms with Crippen molar-refractivity contribution in [3.8, 4) is 0 Å². The Morgan fingerprint density at radius 3 is 2.48 bits per heavy atom. The monoisotopic (exact) mass is 428 g/mol. The molecule has 1 atom stereocenters. The normalized spacial score (nSPS) is 24.4. The number of rotatable bonds is 5. The lowest BCUT2D eigenvalue weighted by Crippen LogP contribution is -2.47. The zero-order valence-electron chi connectivity index (χ0n) is 18.2. The summed E-state index contributed by atoms with van der Waals surface area (Å²) in [6.45, 7) is 1.56. The summed E-state index contributed by atoms with van der Waals surface area (Å²) in [5, 5.41) is 3.10. The van der Waals surface area contributed by atoms with E-state index in [1.807, 2.05) is 18.2 Å². The molecule has 3 aliphatic rings. The van der Waals surface area contributed by atoms with E-state index in [2.05, 4.69) is 5.32 Å². The van der Waals surface area contributed by atoms with Gasteiger partial charge in [0.05, 0.1) is 11.7 Å². The summed E-state index contributed by atoms with van der Waals surface area (Å²) in [5.41, 5.74) is 0.440. The van der Waals surface area contributed by atoms with E-state index in [0.29, 0.717) is 38.0 Å². The van der Waals surface area contributed by atoms with Crippen LogP contribution in [0.25, 0.3) is 6.08 Å². The summed E-state index contributed by atoms with van der Waals surface area (Å²) in [4.78, 5) is 26.5. The Balaban J connectivity index is 1.23. The first kappa shape index (κ1) is 22.0. The Morgan fingerprint density at radius 2 is 1.77 bits per heavy atom. The zero-order chi connectivity index (χ0) is 21.7. The maximum atomic E-state index is 14.4. The standard InChI is InChI=1S/C25H33FN2O3/c26-22(17-19-7-3-1-4-8-19)24(30)28-15-13-25(14-16-28)12-11-21(31-25)18-27-23(29)20-9-5-2-6-10-20/h1,3-4,7-8,17,20-21H,2,5-6,9-16,18H2,(H,27,29)/b22-17-/t21-/m0/s1. The number of hydrogen-bond acceptors (Lipinski definition) is 3. The van der Waals surface area contributed by atoms with Crippen molar-refractivity contribution in [3.63, 3.8) is 0 Å². The Kier molecular flexibility index (Phi) is 7.06. The van der Waals surface area contributed by atoms with Gasteiger partial charge in [-0.2, -0.15) is 0 Å². The van der Waals surface area contributed by atoms with Crippen LogP contribution in [0.4, 0.5) is 4.39 Å². The fourth-order valence-electron chi connectivity index (χ4n) is 5.16. The molecule has 2 heterocycles. The molecule has 2 amide bonds. The lowest BCUT2D eigenvalue weighted by Gasteiger charge is -2.39. The van der Waals surface area contributed by atoms with Crippen molar-refractivity contribution >= 4 is 17.9 Å². The van der Waals surface area contributed by atoms with Crippen molar-refractivity contribution in [3.05, 3.63) is 41.7 Å². The van der Waals surface area contributed by atoms with Crippen LogP contribution >= 0.6 is 0 Å². The molecule has 168 valence electrons. The number of nitrogens with zero attached hydrogens (tertiary/aromatic N) is 1. The number of benzene rings is 1. The van der Waals surface area contributed by atoms with Crippen LogP contribution in [0.3, 0.4) is 0 Å². The first-order valence-corrected chi connectivity index (χ1v) is 11.7. The van der Waals surface area contributed by atoms with Gasteiger partial charge in [0.15, 0.2) is 5.83 Å². The average molecular weight is 429 g/mol. The molecule has 4 rings (SSSR count). The molecular formula is C25H33FN2O3. The molecule has 0 bridgehead atoms. The second-order valence-electron chi connectivity index (χ2n) is 9.24. The third kappa shape index (κ3) is 5.53. The van der Waals surface area contributed by atoms with Gasteiger partial charge in [0, 0.05) is 25.6 Å². The van der Waals surface area contributed by atoms with E-state index in [0.717, 1.165) is 38.5 Å². The third-order valence-corrected chi connectivity index (χ3v) is 7.08. The molecule has 6 heteroatoms. The summed E-state index contributed by atoms with van der Waals surface area (Å²) >= 11 is 0. The second kappa shape index (κ2) is 9.94. The van der Waals surface area contributed by atoms with Crippen LogP contribution in [-0.4, -0.2) is 48.1 Å². The highest BCUT2D eigenvalue weighted by atomic mass is 19.1. The lowest BCUT2D eigenvalue weighted by molar-refractivity contribution is -0.136. The first-order valence-electron chi connectivity index (χ1n) is 11.7. The van der Waals surface area contributed by atoms with E-state index in [-0.39, 0.29) is 23.5 Å². The summed E-state index contributed by atoms with van der Waals surface area (Å²) in [6, 6.07) is 9.05. The highest BCUT2D eigenvalue weighted by Gasteiger charge is 2.43. The van der Waals surface area contributed by atoms with E-state index in [4.69, 9.17) is 4.74 Å². The van der Waals surface area contributed by atoms with Gasteiger partial charge in [0.1, 0.15) is 0 Å². The van der Waals surface area contributed by atoms with Crippen LogP contribution in [0.2, 0.25) is 0 Å². The van der Waals surface area contributed by atoms with Gasteiger partial charge >= 0.3 is 0 Å². The summed E-state index contributed by atoms with van der Waals surface area (Å²) in [7, 11) is 0. The van der Waals surface area contributed by atoms with Gasteiger partial charge in [0.2, 0.25) is 5.91 Å². The van der Waals surface area contributed by atoms with Crippen LogP contribution in [0.5, 0.6) is 0 Å². The van der Waals surface area contributed by atoms with Gasteiger partial charge in [-0.15, -0.1) is 0 Å². The molecule has 1 saturated carbocycles. The lowest BCUT2D eigenvalue weighted by atomic mass is 9.88. The maximum Gasteiger partial charge on any atom is 0.282 e. The number of carbonyl (C=O) groups excluding carboxylic acids is 2. The molecule has 1 aromatic rings. The van der Waals surface area contributed by atoms with Gasteiger partial charge < -0.3 is 15.0 Å². The van der Waals surface area contributed by atoms with E-state index in [9.17, 15) is 14.0 Å². The molecule has 3 fully saturated rings. The summed E-state index contributed by atoms with van der Waals surface area (Å²) in [5.74, 6) is -0.937. The minimum atomic E-state index is -0.724. The second-order valence-corrected chi connectivity index (χ2v) is 9.24. The number of hydrogen-bond donors (Lipinski definition) is 1. The molecule has 2 saturated heterocycles. The van der Waals surface area contributed by atoms with Gasteiger partial charge in [-0.25, -0.2) is 4.39 Å². The van der Waals surface area contributed by atoms with Crippen LogP contribution < -0.4 is 5.32 Å². The Labute approximate surface area is 184 Å². The van der Waals surface area contributed by atoms with Crippen LogP contribution in [0.15, 0.2) is 36.2 Å². The van der Waals surface area contributed by atoms with Crippen molar-refractivity contribution in [2.75, 3.05) is 19.6 Å². The van der Waals surface area contributed by atoms with Crippen molar-refractivity contribution in [1.29, 1.82) is 0 Å². The molecule has 5 nitrogen and oxygen atoms in total. The van der Waals surface area contributed by atoms with E-state index in [1.165, 1.54) is 12.5 Å². The highest BCUT2D eigenvalue weighted by molar-refractivity contribution is 5.95. The van der Waals surface area contributed by atoms with Gasteiger partial charge in [0.25, 0.3) is 5.91 Å². The van der Waals surface area contributed by atoms with Crippen molar-refractivity contribution in [2.24, 2.45) is 5.92 Å². The van der Waals surface area contributed by atoms with Crippen LogP contribution in [0.1, 0.15) is 63.4 Å². The Hall–Kier alpha value is -2.21. The molecule has 1 N–H and O–H groups in total. The molecule has 31 heavy (non-hydrogen) atoms. The van der Waals surface area contributed by atoms with Crippen LogP contribution in [-0.2, 0) is 14.3 Å². The minimum Gasteiger partial charge on any atom is -0.370 e. The van der Waals surface area contributed by atoms with E-state index >= 15 is 0 Å². The SMILES string of the molecule is O=C(NC[C@@H]1CCC2(CCN(C(=O)/C(F)=C/c3ccccc3)CC2)O1)C1CCCCC1. The highest BCUT2D eigenvalue weighted by Crippen LogP contribution is 2.39. The van der Waals surface area contributed by atoms with Crippen molar-refractivity contribution in [2.45, 2.75) is 69.5 Å². The number of halogens is 1. The first-order chi connectivity index (χ1) is 15.0. The molecule has 0 aromatic heterocycles. The molecule has 1 spiro atoms. The smallest absolute Gasteiger partial charge is 0.282 e. The molecular weight excluding hydrogens is 395 g/mol. The fraction of sp³-hybridized carbons (Fsp3) is 0.600. The largest absolute Gasteiger partial charge is 0.370 e. The Bertz CT molecular complexity index is 796. The fourth-order valence-corrected chi connectivity index (χ4v) is 5.16. The Morgan fingerprint density at radius 1 is 1.06 bits per heavy atom. The minimum absolute atomic E-state index is 0.0319. The zero-order valence-corrected chi connectivity index (χ0v) is 18.2. The number of ether oxygens (including phenoxy) is 1. The number of carbonyl (C=O) groups is 2. The third-order valence-electron chi connectivity index (χ3n) is 7.08. The van der Waals surface area contributed by atoms with Gasteiger partial charge in [-0.3, -0.25) is 9.59 Å². The number of nitrogens with one attached hydrogen (secondary N) is 1. The van der Waals surface area contributed by atoms with Gasteiger partial charge in [-0.1, -0.05) is 49.6 Å². The van der Waals surface area contributed by atoms with Crippen molar-refractivity contribution < 1.29 is 18.7 Å². The predicted molar refractivity (Wildman–Crippen MR) is 118 cm³/mol. The number of piperidine rings is 1. The summed E-state index contributed by atoms with van der Waals surface area (Å²) < 4.78 is 20.8. The maximum absolute atomic E-state index is 14.4. The molecule has 2 aliphatic heterocycles. The molecule has 1 aliphatic carbocycles. The van der Waals surface area contributed by atoms with Crippen LogP contribution in [0, 0.1) is 5.92 Å². The summed E-state index contributed by atoms with van der Waals surface area (Å²) in [6.07, 6.45) is 10.1. The average Bonchev–Trinajstić information content (AvgIpc) is 3.21. The number of likely N-dealkylation sites (tertiary alicyclic amines) is 1. The van der Waals surface area contributed by atoms with Gasteiger partial charge in [-0.05, 0) is 50.2 Å². The van der Waals surface area contributed by atoms with Crippen molar-refractivity contribution in [1.82, 2.24) is 10.2 Å². The predicted octanol–water partition coefficient (Wildman–Crippen LogP) is 4.23. The molecule has 0 radical (unpaired) electrons. The molecule has 0 unspecified atom stereocenters. The van der Waals surface area contributed by atoms with E-state index < -0.39 is 11.7 Å². The number of amides is 2. The quantitative estimate of drug-likeness (QED) is 0.714. The van der Waals surface area contributed by atoms with E-state index in [1.54, 1.807) is 17.0 Å². The molecule has 1 aromatic carbocycles.